The maximum absolute atomic E-state index is 11.8. The van der Waals surface area contributed by atoms with Crippen molar-refractivity contribution in [3.05, 3.63) is 18.5 Å². The third-order valence-corrected chi connectivity index (χ3v) is 3.32. The lowest BCUT2D eigenvalue weighted by atomic mass is 10.0. The van der Waals surface area contributed by atoms with Gasteiger partial charge in [0.05, 0.1) is 0 Å². The van der Waals surface area contributed by atoms with Crippen LogP contribution in [0.4, 0.5) is 10.7 Å². The van der Waals surface area contributed by atoms with Crippen LogP contribution in [-0.2, 0) is 4.74 Å². The molecule has 1 saturated heterocycles. The number of piperidine rings is 1. The number of amides is 1. The number of ether oxygens (including phenoxy) is 1. The molecule has 0 radical (unpaired) electrons. The smallest absolute Gasteiger partial charge is 0.407 e. The van der Waals surface area contributed by atoms with E-state index in [1.165, 1.54) is 0 Å². The molecule has 0 unspecified atom stereocenters. The average molecular weight is 292 g/mol. The van der Waals surface area contributed by atoms with Crippen molar-refractivity contribution in [1.82, 2.24) is 15.3 Å². The number of carbonyl (C=O) groups excluding carboxylic acids is 1. The molecule has 1 fully saturated rings. The Kier molecular flexibility index (Phi) is 4.98. The Morgan fingerprint density at radius 2 is 2.10 bits per heavy atom. The molecule has 21 heavy (non-hydrogen) atoms. The van der Waals surface area contributed by atoms with Gasteiger partial charge in [0.1, 0.15) is 5.60 Å². The number of hydrogen-bond donors (Lipinski definition) is 1. The fraction of sp³-hybridized carbons (Fsp3) is 0.667. The molecule has 6 heteroatoms. The van der Waals surface area contributed by atoms with Crippen molar-refractivity contribution in [2.45, 2.75) is 51.7 Å². The van der Waals surface area contributed by atoms with E-state index in [0.29, 0.717) is 6.54 Å². The van der Waals surface area contributed by atoms with E-state index < -0.39 is 5.60 Å². The Morgan fingerprint density at radius 1 is 1.38 bits per heavy atom. The first kappa shape index (κ1) is 15.5. The lowest BCUT2D eigenvalue weighted by Crippen LogP contribution is -2.48. The van der Waals surface area contributed by atoms with Crippen molar-refractivity contribution in [2.24, 2.45) is 0 Å². The minimum Gasteiger partial charge on any atom is -0.444 e. The van der Waals surface area contributed by atoms with Crippen LogP contribution in [0.2, 0.25) is 0 Å². The lowest BCUT2D eigenvalue weighted by molar-refractivity contribution is 0.0522. The quantitative estimate of drug-likeness (QED) is 0.926. The summed E-state index contributed by atoms with van der Waals surface area (Å²) in [5.41, 5.74) is -0.473. The second-order valence-electron chi connectivity index (χ2n) is 6.27. The molecule has 0 spiro atoms. The van der Waals surface area contributed by atoms with Crippen LogP contribution in [0.1, 0.15) is 40.0 Å². The molecule has 0 aromatic carbocycles. The standard InChI is InChI=1S/C15H24N4O2/c1-15(2,3)21-14(20)18-11-12-7-4-5-10-19(12)13-16-8-6-9-17-13/h6,8-9,12H,4-5,7,10-11H2,1-3H3,(H,18,20)/t12-/m0/s1. The Morgan fingerprint density at radius 3 is 2.76 bits per heavy atom. The number of nitrogens with zero attached hydrogens (tertiary/aromatic N) is 3. The van der Waals surface area contributed by atoms with Gasteiger partial charge in [-0.15, -0.1) is 0 Å². The van der Waals surface area contributed by atoms with Crippen LogP contribution >= 0.6 is 0 Å². The summed E-state index contributed by atoms with van der Waals surface area (Å²) in [7, 11) is 0. The molecule has 6 nitrogen and oxygen atoms in total. The van der Waals surface area contributed by atoms with Gasteiger partial charge in [-0.1, -0.05) is 0 Å². The molecule has 0 bridgehead atoms. The van der Waals surface area contributed by atoms with Gasteiger partial charge in [0.15, 0.2) is 0 Å². The second-order valence-corrected chi connectivity index (χ2v) is 6.27. The molecule has 1 aliphatic heterocycles. The van der Waals surface area contributed by atoms with E-state index in [1.54, 1.807) is 18.5 Å². The summed E-state index contributed by atoms with van der Waals surface area (Å²) in [5.74, 6) is 0.730. The summed E-state index contributed by atoms with van der Waals surface area (Å²) in [6, 6.07) is 2.02. The van der Waals surface area contributed by atoms with Gasteiger partial charge in [-0.05, 0) is 46.1 Å². The summed E-state index contributed by atoms with van der Waals surface area (Å²) < 4.78 is 5.27. The maximum Gasteiger partial charge on any atom is 0.407 e. The zero-order valence-corrected chi connectivity index (χ0v) is 13.0. The van der Waals surface area contributed by atoms with Gasteiger partial charge in [-0.3, -0.25) is 0 Å². The van der Waals surface area contributed by atoms with E-state index in [-0.39, 0.29) is 12.1 Å². The first-order valence-electron chi connectivity index (χ1n) is 7.46. The molecular formula is C15H24N4O2. The van der Waals surface area contributed by atoms with Gasteiger partial charge in [0.2, 0.25) is 5.95 Å². The summed E-state index contributed by atoms with van der Waals surface area (Å²) in [5, 5.41) is 2.85. The van der Waals surface area contributed by atoms with E-state index in [2.05, 4.69) is 20.2 Å². The highest BCUT2D eigenvalue weighted by Crippen LogP contribution is 2.20. The molecule has 1 N–H and O–H groups in total. The number of nitrogens with one attached hydrogen (secondary N) is 1. The van der Waals surface area contributed by atoms with Crippen LogP contribution in [-0.4, -0.2) is 40.8 Å². The summed E-state index contributed by atoms with van der Waals surface area (Å²) in [6.07, 6.45) is 6.42. The van der Waals surface area contributed by atoms with Gasteiger partial charge >= 0.3 is 6.09 Å². The van der Waals surface area contributed by atoms with Crippen molar-refractivity contribution >= 4 is 12.0 Å². The number of carbonyl (C=O) groups is 1. The zero-order valence-electron chi connectivity index (χ0n) is 13.0. The fourth-order valence-corrected chi connectivity index (χ4v) is 2.43. The monoisotopic (exact) mass is 292 g/mol. The average Bonchev–Trinajstić information content (AvgIpc) is 2.45. The molecule has 0 saturated carbocycles. The topological polar surface area (TPSA) is 67.3 Å². The Bertz CT molecular complexity index is 458. The Balaban J connectivity index is 1.92. The number of hydrogen-bond acceptors (Lipinski definition) is 5. The van der Waals surface area contributed by atoms with E-state index in [4.69, 9.17) is 4.74 Å². The van der Waals surface area contributed by atoms with Crippen molar-refractivity contribution < 1.29 is 9.53 Å². The Hall–Kier alpha value is -1.85. The molecule has 1 aromatic heterocycles. The van der Waals surface area contributed by atoms with Crippen molar-refractivity contribution in [1.29, 1.82) is 0 Å². The second kappa shape index (κ2) is 6.74. The minimum absolute atomic E-state index is 0.216. The summed E-state index contributed by atoms with van der Waals surface area (Å²) in [6.45, 7) is 7.05. The fourth-order valence-electron chi connectivity index (χ4n) is 2.43. The number of anilines is 1. The van der Waals surface area contributed by atoms with Gasteiger partial charge in [-0.25, -0.2) is 14.8 Å². The summed E-state index contributed by atoms with van der Waals surface area (Å²) in [4.78, 5) is 22.5. The summed E-state index contributed by atoms with van der Waals surface area (Å²) >= 11 is 0. The van der Waals surface area contributed by atoms with Crippen molar-refractivity contribution in [3.8, 4) is 0 Å². The van der Waals surface area contributed by atoms with Crippen LogP contribution in [0.3, 0.4) is 0 Å². The number of alkyl carbamates (subject to hydrolysis) is 1. The number of aromatic nitrogens is 2. The molecule has 2 rings (SSSR count). The van der Waals surface area contributed by atoms with Crippen LogP contribution in [0.5, 0.6) is 0 Å². The van der Waals surface area contributed by atoms with E-state index in [9.17, 15) is 4.79 Å². The normalized spacial score (nSPS) is 19.2. The Labute approximate surface area is 125 Å². The van der Waals surface area contributed by atoms with Crippen LogP contribution in [0.15, 0.2) is 18.5 Å². The first-order valence-corrected chi connectivity index (χ1v) is 7.46. The maximum atomic E-state index is 11.8. The molecule has 0 aliphatic carbocycles. The van der Waals surface area contributed by atoms with Crippen LogP contribution in [0, 0.1) is 0 Å². The van der Waals surface area contributed by atoms with Gasteiger partial charge < -0.3 is 15.0 Å². The third-order valence-electron chi connectivity index (χ3n) is 3.32. The molecule has 1 aliphatic rings. The highest BCUT2D eigenvalue weighted by atomic mass is 16.6. The van der Waals surface area contributed by atoms with Crippen LogP contribution in [0.25, 0.3) is 0 Å². The van der Waals surface area contributed by atoms with E-state index in [0.717, 1.165) is 31.8 Å². The molecular weight excluding hydrogens is 268 g/mol. The predicted molar refractivity (Wildman–Crippen MR) is 81.3 cm³/mol. The molecule has 1 amide bonds. The molecule has 1 aromatic rings. The molecule has 1 atom stereocenters. The van der Waals surface area contributed by atoms with Crippen LogP contribution < -0.4 is 10.2 Å². The lowest BCUT2D eigenvalue weighted by Gasteiger charge is -2.35. The van der Waals surface area contributed by atoms with Gasteiger partial charge in [-0.2, -0.15) is 0 Å². The minimum atomic E-state index is -0.473. The van der Waals surface area contributed by atoms with Gasteiger partial charge in [0, 0.05) is 31.5 Å². The van der Waals surface area contributed by atoms with E-state index >= 15 is 0 Å². The highest BCUT2D eigenvalue weighted by Gasteiger charge is 2.25. The van der Waals surface area contributed by atoms with E-state index in [1.807, 2.05) is 20.8 Å². The molecule has 116 valence electrons. The SMILES string of the molecule is CC(C)(C)OC(=O)NC[C@@H]1CCCCN1c1ncccn1. The highest BCUT2D eigenvalue weighted by molar-refractivity contribution is 5.67. The van der Waals surface area contributed by atoms with Gasteiger partial charge in [0.25, 0.3) is 0 Å². The van der Waals surface area contributed by atoms with Crippen molar-refractivity contribution in [3.63, 3.8) is 0 Å². The van der Waals surface area contributed by atoms with Crippen molar-refractivity contribution in [2.75, 3.05) is 18.0 Å². The largest absolute Gasteiger partial charge is 0.444 e. The first-order chi connectivity index (χ1) is 9.96. The zero-order chi connectivity index (χ0) is 15.3. The molecule has 2 heterocycles. The number of rotatable bonds is 3. The third kappa shape index (κ3) is 4.88. The predicted octanol–water partition coefficient (Wildman–Crippen LogP) is 2.36.